The maximum atomic E-state index is 4.31. The van der Waals surface area contributed by atoms with Crippen LogP contribution in [0.4, 0.5) is 0 Å². The monoisotopic (exact) mass is 233 g/mol. The van der Waals surface area contributed by atoms with Crippen LogP contribution in [-0.4, -0.2) is 9.97 Å². The number of aryl methyl sites for hydroxylation is 1. The molecule has 3 nitrogen and oxygen atoms in total. The first-order chi connectivity index (χ1) is 7.75. The number of hydrogen-bond acceptors (Lipinski definition) is 4. The Morgan fingerprint density at radius 1 is 1.38 bits per heavy atom. The Morgan fingerprint density at radius 3 is 2.88 bits per heavy atom. The Balaban J connectivity index is 1.90. The fraction of sp³-hybridized carbons (Fsp3) is 0.333. The topological polar surface area (TPSA) is 37.8 Å². The largest absolute Gasteiger partial charge is 0.304 e. The summed E-state index contributed by atoms with van der Waals surface area (Å²) in [5.74, 6) is 0. The Kier molecular flexibility index (Phi) is 3.64. The lowest BCUT2D eigenvalue weighted by Crippen LogP contribution is -2.18. The average molecular weight is 233 g/mol. The minimum Gasteiger partial charge on any atom is -0.304 e. The second kappa shape index (κ2) is 5.18. The fourth-order valence-corrected chi connectivity index (χ4v) is 2.16. The van der Waals surface area contributed by atoms with Gasteiger partial charge in [-0.05, 0) is 36.2 Å². The Hall–Kier alpha value is -1.26. The minimum atomic E-state index is 0.356. The second-order valence-corrected chi connectivity index (χ2v) is 4.59. The number of aromatic nitrogens is 2. The van der Waals surface area contributed by atoms with Crippen molar-refractivity contribution in [1.82, 2.24) is 15.3 Å². The van der Waals surface area contributed by atoms with Crippen molar-refractivity contribution >= 4 is 11.3 Å². The van der Waals surface area contributed by atoms with Crippen LogP contribution in [0.2, 0.25) is 0 Å². The van der Waals surface area contributed by atoms with Crippen molar-refractivity contribution in [2.24, 2.45) is 0 Å². The number of thiophene rings is 1. The lowest BCUT2D eigenvalue weighted by atomic mass is 10.2. The molecule has 0 aliphatic rings. The summed E-state index contributed by atoms with van der Waals surface area (Å²) >= 11 is 1.72. The molecule has 0 amide bonds. The van der Waals surface area contributed by atoms with Crippen LogP contribution >= 0.6 is 11.3 Å². The van der Waals surface area contributed by atoms with Crippen LogP contribution in [0.5, 0.6) is 0 Å². The van der Waals surface area contributed by atoms with Gasteiger partial charge < -0.3 is 5.32 Å². The van der Waals surface area contributed by atoms with Crippen molar-refractivity contribution < 1.29 is 0 Å². The molecule has 4 heteroatoms. The summed E-state index contributed by atoms with van der Waals surface area (Å²) in [5.41, 5.74) is 3.26. The quantitative estimate of drug-likeness (QED) is 0.882. The molecular formula is C12H15N3S. The molecule has 0 aromatic carbocycles. The molecule has 1 atom stereocenters. The highest BCUT2D eigenvalue weighted by atomic mass is 32.1. The summed E-state index contributed by atoms with van der Waals surface area (Å²) in [4.78, 5) is 8.53. The lowest BCUT2D eigenvalue weighted by molar-refractivity contribution is 0.567. The zero-order valence-electron chi connectivity index (χ0n) is 9.47. The van der Waals surface area contributed by atoms with E-state index in [-0.39, 0.29) is 0 Å². The van der Waals surface area contributed by atoms with Crippen LogP contribution in [0.1, 0.15) is 29.9 Å². The van der Waals surface area contributed by atoms with Gasteiger partial charge in [0, 0.05) is 25.0 Å². The zero-order valence-corrected chi connectivity index (χ0v) is 10.3. The number of hydrogen-bond donors (Lipinski definition) is 1. The van der Waals surface area contributed by atoms with Gasteiger partial charge in [-0.15, -0.1) is 0 Å². The van der Waals surface area contributed by atoms with Gasteiger partial charge in [0.2, 0.25) is 0 Å². The van der Waals surface area contributed by atoms with E-state index >= 15 is 0 Å². The summed E-state index contributed by atoms with van der Waals surface area (Å²) in [6.45, 7) is 4.85. The summed E-state index contributed by atoms with van der Waals surface area (Å²) in [6, 6.07) is 2.50. The van der Waals surface area contributed by atoms with Gasteiger partial charge in [-0.25, -0.2) is 0 Å². The molecule has 2 aromatic heterocycles. The predicted molar refractivity (Wildman–Crippen MR) is 66.3 cm³/mol. The minimum absolute atomic E-state index is 0.356. The molecule has 84 valence electrons. The molecular weight excluding hydrogens is 218 g/mol. The highest BCUT2D eigenvalue weighted by Gasteiger charge is 2.05. The van der Waals surface area contributed by atoms with Gasteiger partial charge in [0.15, 0.2) is 0 Å². The fourth-order valence-electron chi connectivity index (χ4n) is 1.41. The van der Waals surface area contributed by atoms with Gasteiger partial charge in [0.25, 0.3) is 0 Å². The molecule has 0 saturated carbocycles. The SMILES string of the molecule is Cc1cnc(CNC(C)c2ccsc2)cn1. The smallest absolute Gasteiger partial charge is 0.0724 e. The van der Waals surface area contributed by atoms with Crippen LogP contribution in [0.25, 0.3) is 0 Å². The molecule has 0 aliphatic carbocycles. The molecule has 2 aromatic rings. The highest BCUT2D eigenvalue weighted by Crippen LogP contribution is 2.15. The molecule has 1 unspecified atom stereocenters. The van der Waals surface area contributed by atoms with Gasteiger partial charge in [-0.1, -0.05) is 0 Å². The molecule has 0 saturated heterocycles. The van der Waals surface area contributed by atoms with E-state index in [1.54, 1.807) is 17.5 Å². The summed E-state index contributed by atoms with van der Waals surface area (Å²) in [7, 11) is 0. The normalized spacial score (nSPS) is 12.6. The van der Waals surface area contributed by atoms with E-state index in [1.165, 1.54) is 5.56 Å². The second-order valence-electron chi connectivity index (χ2n) is 3.81. The van der Waals surface area contributed by atoms with Crippen molar-refractivity contribution in [3.05, 3.63) is 46.2 Å². The molecule has 1 N–H and O–H groups in total. The number of rotatable bonds is 4. The highest BCUT2D eigenvalue weighted by molar-refractivity contribution is 7.07. The van der Waals surface area contributed by atoms with Gasteiger partial charge >= 0.3 is 0 Å². The Morgan fingerprint density at radius 2 is 2.25 bits per heavy atom. The van der Waals surface area contributed by atoms with Crippen LogP contribution in [-0.2, 0) is 6.54 Å². The maximum absolute atomic E-state index is 4.31. The molecule has 0 aliphatic heterocycles. The maximum Gasteiger partial charge on any atom is 0.0724 e. The molecule has 2 rings (SSSR count). The Bertz CT molecular complexity index is 422. The summed E-state index contributed by atoms with van der Waals surface area (Å²) in [6.07, 6.45) is 3.62. The van der Waals surface area contributed by atoms with Crippen molar-refractivity contribution in [3.8, 4) is 0 Å². The van der Waals surface area contributed by atoms with Crippen LogP contribution in [0.15, 0.2) is 29.2 Å². The number of nitrogens with one attached hydrogen (secondary N) is 1. The lowest BCUT2D eigenvalue weighted by Gasteiger charge is -2.11. The van der Waals surface area contributed by atoms with Gasteiger partial charge in [-0.3, -0.25) is 9.97 Å². The molecule has 0 radical (unpaired) electrons. The third-order valence-corrected chi connectivity index (χ3v) is 3.17. The van der Waals surface area contributed by atoms with Crippen LogP contribution in [0.3, 0.4) is 0 Å². The van der Waals surface area contributed by atoms with E-state index in [1.807, 2.05) is 13.1 Å². The van der Waals surface area contributed by atoms with E-state index < -0.39 is 0 Å². The van der Waals surface area contributed by atoms with Crippen molar-refractivity contribution in [2.75, 3.05) is 0 Å². The van der Waals surface area contributed by atoms with Crippen molar-refractivity contribution in [1.29, 1.82) is 0 Å². The van der Waals surface area contributed by atoms with Gasteiger partial charge in [0.05, 0.1) is 11.4 Å². The van der Waals surface area contributed by atoms with Crippen molar-refractivity contribution in [3.63, 3.8) is 0 Å². The van der Waals surface area contributed by atoms with E-state index in [0.29, 0.717) is 6.04 Å². The number of nitrogens with zero attached hydrogens (tertiary/aromatic N) is 2. The van der Waals surface area contributed by atoms with Crippen LogP contribution in [0, 0.1) is 6.92 Å². The van der Waals surface area contributed by atoms with E-state index in [9.17, 15) is 0 Å². The van der Waals surface area contributed by atoms with Crippen molar-refractivity contribution in [2.45, 2.75) is 26.4 Å². The first kappa shape index (κ1) is 11.2. The third-order valence-electron chi connectivity index (χ3n) is 2.47. The summed E-state index contributed by atoms with van der Waals surface area (Å²) in [5, 5.41) is 7.69. The van der Waals surface area contributed by atoms with Crippen LogP contribution < -0.4 is 5.32 Å². The van der Waals surface area contributed by atoms with Gasteiger partial charge in [0.1, 0.15) is 0 Å². The van der Waals surface area contributed by atoms with E-state index in [2.05, 4.69) is 39.0 Å². The molecule has 0 spiro atoms. The average Bonchev–Trinajstić information content (AvgIpc) is 2.81. The molecule has 0 fully saturated rings. The first-order valence-corrected chi connectivity index (χ1v) is 6.23. The summed E-state index contributed by atoms with van der Waals surface area (Å²) < 4.78 is 0. The molecule has 2 heterocycles. The predicted octanol–water partition coefficient (Wildman–Crippen LogP) is 2.70. The van der Waals surface area contributed by atoms with E-state index in [0.717, 1.165) is 17.9 Å². The van der Waals surface area contributed by atoms with E-state index in [4.69, 9.17) is 0 Å². The molecule has 16 heavy (non-hydrogen) atoms. The van der Waals surface area contributed by atoms with Gasteiger partial charge in [-0.2, -0.15) is 11.3 Å². The molecule has 0 bridgehead atoms. The Labute approximate surface area is 99.6 Å². The zero-order chi connectivity index (χ0) is 11.4. The standard InChI is InChI=1S/C12H15N3S/c1-9-5-15-12(6-13-9)7-14-10(2)11-3-4-16-8-11/h3-6,8,10,14H,7H2,1-2H3. The first-order valence-electron chi connectivity index (χ1n) is 5.28. The third kappa shape index (κ3) is 2.87.